The molecule has 0 radical (unpaired) electrons. The largest absolute Gasteiger partial charge is 0.343 e. The van der Waals surface area contributed by atoms with Crippen LogP contribution in [0.25, 0.3) is 0 Å². The predicted octanol–water partition coefficient (Wildman–Crippen LogP) is 3.49. The van der Waals surface area contributed by atoms with Crippen LogP contribution in [0.1, 0.15) is 0 Å². The summed E-state index contributed by atoms with van der Waals surface area (Å²) in [6.07, 6.45) is 0. The van der Waals surface area contributed by atoms with E-state index in [0.717, 1.165) is 9.80 Å². The third-order valence-electron chi connectivity index (χ3n) is 3.10. The first kappa shape index (κ1) is 14.6. The molecule has 1 aliphatic heterocycles. The molecule has 7 heteroatoms. The Morgan fingerprint density at radius 2 is 1.09 bits per heavy atom. The van der Waals surface area contributed by atoms with Gasteiger partial charge in [-0.05, 0) is 36.4 Å². The summed E-state index contributed by atoms with van der Waals surface area (Å²) in [4.78, 5) is 38.3. The summed E-state index contributed by atoms with van der Waals surface area (Å²) in [6.45, 7) is 0. The number of carbonyl (C=O) groups is 3. The van der Waals surface area contributed by atoms with Gasteiger partial charge in [-0.2, -0.15) is 0 Å². The van der Waals surface area contributed by atoms with E-state index in [0.29, 0.717) is 10.0 Å². The predicted molar refractivity (Wildman–Crippen MR) is 83.3 cm³/mol. The Labute approximate surface area is 135 Å². The summed E-state index contributed by atoms with van der Waals surface area (Å²) in [5, 5.41) is 0.707. The molecule has 0 aromatic heterocycles. The highest BCUT2D eigenvalue weighted by molar-refractivity contribution is 6.60. The first-order valence-corrected chi connectivity index (χ1v) is 6.98. The first-order valence-electron chi connectivity index (χ1n) is 6.22. The summed E-state index contributed by atoms with van der Waals surface area (Å²) in [6, 6.07) is 11.5. The fourth-order valence-corrected chi connectivity index (χ4v) is 2.52. The molecule has 0 N–H and O–H groups in total. The average Bonchev–Trinajstić information content (AvgIpc) is 2.69. The summed E-state index contributed by atoms with van der Waals surface area (Å²) < 4.78 is 0. The molecule has 0 spiro atoms. The van der Waals surface area contributed by atoms with Gasteiger partial charge in [0.05, 0.1) is 11.4 Å². The third kappa shape index (κ3) is 2.34. The normalized spacial score (nSPS) is 14.9. The lowest BCUT2D eigenvalue weighted by Crippen LogP contribution is -2.33. The molecule has 0 atom stereocenters. The van der Waals surface area contributed by atoms with Crippen LogP contribution < -0.4 is 9.80 Å². The molecular formula is C15H8Cl2N2O3. The van der Waals surface area contributed by atoms with Crippen molar-refractivity contribution >= 4 is 52.4 Å². The van der Waals surface area contributed by atoms with Crippen LogP contribution >= 0.6 is 23.2 Å². The molecule has 2 aromatic carbocycles. The van der Waals surface area contributed by atoms with Gasteiger partial charge in [0, 0.05) is 10.0 Å². The van der Waals surface area contributed by atoms with Crippen LogP contribution in [-0.4, -0.2) is 17.8 Å². The molecule has 1 fully saturated rings. The second kappa shape index (κ2) is 5.44. The zero-order chi connectivity index (χ0) is 15.9. The number of nitrogens with zero attached hydrogens (tertiary/aromatic N) is 2. The molecule has 2 aromatic rings. The Hall–Kier alpha value is -2.37. The second-order valence-corrected chi connectivity index (χ2v) is 5.40. The quantitative estimate of drug-likeness (QED) is 0.623. The van der Waals surface area contributed by atoms with Gasteiger partial charge in [0.25, 0.3) is 0 Å². The van der Waals surface area contributed by atoms with Crippen LogP contribution in [0.4, 0.5) is 16.2 Å². The van der Waals surface area contributed by atoms with Crippen molar-refractivity contribution in [3.8, 4) is 0 Å². The summed E-state index contributed by atoms with van der Waals surface area (Å²) in [7, 11) is 0. The average molecular weight is 335 g/mol. The van der Waals surface area contributed by atoms with Crippen molar-refractivity contribution in [2.75, 3.05) is 9.80 Å². The van der Waals surface area contributed by atoms with E-state index in [1.165, 1.54) is 24.3 Å². The maximum atomic E-state index is 12.5. The number of carbonyl (C=O) groups excluding carboxylic acids is 3. The maximum absolute atomic E-state index is 12.5. The molecule has 1 aliphatic rings. The number of urea groups is 1. The van der Waals surface area contributed by atoms with Gasteiger partial charge in [0.1, 0.15) is 0 Å². The zero-order valence-electron chi connectivity index (χ0n) is 11.0. The Balaban J connectivity index is 2.05. The topological polar surface area (TPSA) is 57.7 Å². The number of amides is 4. The molecule has 0 saturated carbocycles. The molecular weight excluding hydrogens is 327 g/mol. The van der Waals surface area contributed by atoms with Gasteiger partial charge >= 0.3 is 17.8 Å². The van der Waals surface area contributed by atoms with Gasteiger partial charge in [-0.1, -0.05) is 35.3 Å². The van der Waals surface area contributed by atoms with E-state index in [1.54, 1.807) is 24.3 Å². The minimum atomic E-state index is -0.938. The van der Waals surface area contributed by atoms with Crippen molar-refractivity contribution in [3.63, 3.8) is 0 Å². The van der Waals surface area contributed by atoms with E-state index in [9.17, 15) is 14.4 Å². The number of hydrogen-bond acceptors (Lipinski definition) is 3. The van der Waals surface area contributed by atoms with Crippen molar-refractivity contribution in [2.24, 2.45) is 0 Å². The van der Waals surface area contributed by atoms with Crippen molar-refractivity contribution < 1.29 is 14.4 Å². The molecule has 3 rings (SSSR count). The van der Waals surface area contributed by atoms with Gasteiger partial charge in [-0.25, -0.2) is 14.6 Å². The Bertz CT molecular complexity index is 741. The highest BCUT2D eigenvalue weighted by Crippen LogP contribution is 2.29. The first-order chi connectivity index (χ1) is 10.5. The van der Waals surface area contributed by atoms with Gasteiger partial charge in [0.15, 0.2) is 0 Å². The molecule has 4 amide bonds. The number of rotatable bonds is 2. The van der Waals surface area contributed by atoms with Crippen LogP contribution in [-0.2, 0) is 9.59 Å². The Kier molecular flexibility index (Phi) is 3.60. The molecule has 5 nitrogen and oxygen atoms in total. The highest BCUT2D eigenvalue weighted by Gasteiger charge is 2.46. The number of imide groups is 2. The van der Waals surface area contributed by atoms with E-state index in [-0.39, 0.29) is 11.4 Å². The minimum absolute atomic E-state index is 0.236. The molecule has 1 saturated heterocycles. The SMILES string of the molecule is O=C1C(=O)N(c2cccc(Cl)c2)C(=O)N1c1cccc(Cl)c1. The number of anilines is 2. The van der Waals surface area contributed by atoms with Crippen LogP contribution in [0.3, 0.4) is 0 Å². The van der Waals surface area contributed by atoms with Crippen LogP contribution in [0.2, 0.25) is 10.0 Å². The third-order valence-corrected chi connectivity index (χ3v) is 3.57. The van der Waals surface area contributed by atoms with Gasteiger partial charge in [0.2, 0.25) is 0 Å². The molecule has 0 unspecified atom stereocenters. The Morgan fingerprint density at radius 1 is 0.682 bits per heavy atom. The van der Waals surface area contributed by atoms with Gasteiger partial charge in [-0.15, -0.1) is 0 Å². The second-order valence-electron chi connectivity index (χ2n) is 4.52. The van der Waals surface area contributed by atoms with Crippen LogP contribution in [0.5, 0.6) is 0 Å². The van der Waals surface area contributed by atoms with E-state index in [2.05, 4.69) is 0 Å². The van der Waals surface area contributed by atoms with Crippen molar-refractivity contribution in [2.45, 2.75) is 0 Å². The molecule has 0 bridgehead atoms. The zero-order valence-corrected chi connectivity index (χ0v) is 12.5. The van der Waals surface area contributed by atoms with E-state index < -0.39 is 17.8 Å². The lowest BCUT2D eigenvalue weighted by atomic mass is 10.3. The van der Waals surface area contributed by atoms with Crippen LogP contribution in [0, 0.1) is 0 Å². The fraction of sp³-hybridized carbons (Fsp3) is 0. The minimum Gasteiger partial charge on any atom is -0.262 e. The summed E-state index contributed by atoms with van der Waals surface area (Å²) >= 11 is 11.7. The molecule has 0 aliphatic carbocycles. The molecule has 110 valence electrons. The van der Waals surface area contributed by atoms with E-state index >= 15 is 0 Å². The van der Waals surface area contributed by atoms with Crippen molar-refractivity contribution in [1.82, 2.24) is 0 Å². The van der Waals surface area contributed by atoms with Crippen LogP contribution in [0.15, 0.2) is 48.5 Å². The van der Waals surface area contributed by atoms with Gasteiger partial charge in [-0.3, -0.25) is 9.59 Å². The standard InChI is InChI=1S/C15H8Cl2N2O3/c16-9-3-1-5-11(7-9)18-13(20)14(21)19(15(18)22)12-6-2-4-10(17)8-12/h1-8H. The monoisotopic (exact) mass is 334 g/mol. The van der Waals surface area contributed by atoms with Crippen molar-refractivity contribution in [1.29, 1.82) is 0 Å². The highest BCUT2D eigenvalue weighted by atomic mass is 35.5. The number of halogens is 2. The Morgan fingerprint density at radius 3 is 1.45 bits per heavy atom. The van der Waals surface area contributed by atoms with E-state index in [4.69, 9.17) is 23.2 Å². The lowest BCUT2D eigenvalue weighted by molar-refractivity contribution is -0.133. The summed E-state index contributed by atoms with van der Waals surface area (Å²) in [5.74, 6) is -1.88. The smallest absolute Gasteiger partial charge is 0.262 e. The van der Waals surface area contributed by atoms with E-state index in [1.807, 2.05) is 0 Å². The van der Waals surface area contributed by atoms with Crippen molar-refractivity contribution in [3.05, 3.63) is 58.6 Å². The number of benzene rings is 2. The van der Waals surface area contributed by atoms with Gasteiger partial charge < -0.3 is 0 Å². The summed E-state index contributed by atoms with van der Waals surface area (Å²) in [5.41, 5.74) is 0.473. The lowest BCUT2D eigenvalue weighted by Gasteiger charge is -2.15. The molecule has 1 heterocycles. The number of hydrogen-bond donors (Lipinski definition) is 0. The maximum Gasteiger partial charge on any atom is 0.343 e. The molecule has 22 heavy (non-hydrogen) atoms. The fourth-order valence-electron chi connectivity index (χ4n) is 2.15.